The van der Waals surface area contributed by atoms with Gasteiger partial charge < -0.3 is 20.0 Å². The molecule has 1 aromatic carbocycles. The first-order valence-electron chi connectivity index (χ1n) is 9.50. The van der Waals surface area contributed by atoms with Gasteiger partial charge in [0.2, 0.25) is 0 Å². The number of halogens is 1. The van der Waals surface area contributed by atoms with E-state index < -0.39 is 0 Å². The van der Waals surface area contributed by atoms with Crippen LogP contribution in [-0.2, 0) is 6.42 Å². The topological polar surface area (TPSA) is 52.8 Å². The Kier molecular flexibility index (Phi) is 6.80. The summed E-state index contributed by atoms with van der Waals surface area (Å²) < 4.78 is 5.87. The van der Waals surface area contributed by atoms with E-state index >= 15 is 0 Å². The molecule has 2 aliphatic rings. The predicted octanol–water partition coefficient (Wildman–Crippen LogP) is 3.39. The van der Waals surface area contributed by atoms with E-state index in [4.69, 9.17) is 4.42 Å². The van der Waals surface area contributed by atoms with Crippen molar-refractivity contribution in [2.24, 2.45) is 4.99 Å². The average Bonchev–Trinajstić information content (AvgIpc) is 3.41. The highest BCUT2D eigenvalue weighted by molar-refractivity contribution is 14.0. The number of para-hydroxylation sites is 1. The van der Waals surface area contributed by atoms with Crippen LogP contribution in [0.3, 0.4) is 0 Å². The summed E-state index contributed by atoms with van der Waals surface area (Å²) in [5.74, 6) is 1.92. The Morgan fingerprint density at radius 1 is 1.19 bits per heavy atom. The zero-order chi connectivity index (χ0) is 17.1. The van der Waals surface area contributed by atoms with Crippen molar-refractivity contribution in [3.05, 3.63) is 36.1 Å². The highest BCUT2D eigenvalue weighted by Gasteiger charge is 2.31. The van der Waals surface area contributed by atoms with E-state index in [0.717, 1.165) is 36.3 Å². The molecule has 5 nitrogen and oxygen atoms in total. The fourth-order valence-corrected chi connectivity index (χ4v) is 3.70. The third-order valence-corrected chi connectivity index (χ3v) is 5.30. The number of piperidine rings is 1. The maximum Gasteiger partial charge on any atom is 0.191 e. The molecular formula is C20H29IN4O. The fraction of sp³-hybridized carbons (Fsp3) is 0.550. The smallest absolute Gasteiger partial charge is 0.191 e. The van der Waals surface area contributed by atoms with Crippen LogP contribution in [0, 0.1) is 0 Å². The summed E-state index contributed by atoms with van der Waals surface area (Å²) in [6.07, 6.45) is 6.09. The van der Waals surface area contributed by atoms with E-state index in [0.29, 0.717) is 6.04 Å². The minimum Gasteiger partial charge on any atom is -0.461 e. The largest absolute Gasteiger partial charge is 0.461 e. The SMILES string of the molecule is CN=C(NCCc1cc2ccccc2o1)NC1CCN(C2CC2)CC1.I. The molecule has 0 unspecified atom stereocenters. The molecule has 0 bridgehead atoms. The highest BCUT2D eigenvalue weighted by Crippen LogP contribution is 2.29. The van der Waals surface area contributed by atoms with Crippen LogP contribution in [0.5, 0.6) is 0 Å². The summed E-state index contributed by atoms with van der Waals surface area (Å²) in [5, 5.41) is 8.17. The number of benzene rings is 1. The Hall–Kier alpha value is -1.28. The van der Waals surface area contributed by atoms with Crippen LogP contribution in [0.2, 0.25) is 0 Å². The van der Waals surface area contributed by atoms with Gasteiger partial charge in [0.1, 0.15) is 11.3 Å². The van der Waals surface area contributed by atoms with Crippen molar-refractivity contribution in [1.82, 2.24) is 15.5 Å². The van der Waals surface area contributed by atoms with Crippen molar-refractivity contribution in [3.63, 3.8) is 0 Å². The molecule has 0 radical (unpaired) electrons. The number of furan rings is 1. The summed E-state index contributed by atoms with van der Waals surface area (Å²) in [6.45, 7) is 3.26. The molecule has 6 heteroatoms. The van der Waals surface area contributed by atoms with Gasteiger partial charge in [-0.15, -0.1) is 24.0 Å². The van der Waals surface area contributed by atoms with Gasteiger partial charge in [0.15, 0.2) is 5.96 Å². The van der Waals surface area contributed by atoms with Crippen LogP contribution in [0.15, 0.2) is 39.7 Å². The molecule has 2 heterocycles. The molecule has 1 aliphatic carbocycles. The van der Waals surface area contributed by atoms with E-state index in [2.05, 4.69) is 32.7 Å². The second-order valence-corrected chi connectivity index (χ2v) is 7.19. The fourth-order valence-electron chi connectivity index (χ4n) is 3.70. The van der Waals surface area contributed by atoms with Gasteiger partial charge in [-0.2, -0.15) is 0 Å². The molecular weight excluding hydrogens is 439 g/mol. The molecule has 4 rings (SSSR count). The zero-order valence-electron chi connectivity index (χ0n) is 15.4. The second kappa shape index (κ2) is 9.08. The molecule has 2 aromatic rings. The molecule has 2 N–H and O–H groups in total. The predicted molar refractivity (Wildman–Crippen MR) is 117 cm³/mol. The third-order valence-electron chi connectivity index (χ3n) is 5.30. The number of nitrogens with one attached hydrogen (secondary N) is 2. The number of aliphatic imine (C=N–C) groups is 1. The zero-order valence-corrected chi connectivity index (χ0v) is 17.7. The Bertz CT molecular complexity index is 699. The van der Waals surface area contributed by atoms with Gasteiger partial charge in [0.25, 0.3) is 0 Å². The lowest BCUT2D eigenvalue weighted by Crippen LogP contribution is -2.49. The number of guanidine groups is 1. The minimum atomic E-state index is 0. The van der Waals surface area contributed by atoms with Gasteiger partial charge in [0.05, 0.1) is 0 Å². The van der Waals surface area contributed by atoms with Crippen LogP contribution in [0.4, 0.5) is 0 Å². The highest BCUT2D eigenvalue weighted by atomic mass is 127. The number of rotatable bonds is 5. The van der Waals surface area contributed by atoms with Crippen molar-refractivity contribution in [3.8, 4) is 0 Å². The summed E-state index contributed by atoms with van der Waals surface area (Å²) in [4.78, 5) is 7.02. The standard InChI is InChI=1S/C20H28N4O.HI/c1-21-20(23-16-9-12-24(13-10-16)17-6-7-17)22-11-8-18-14-15-4-2-3-5-19(15)25-18;/h2-5,14,16-17H,6-13H2,1H3,(H2,21,22,23);1H. The van der Waals surface area contributed by atoms with Crippen LogP contribution in [0.25, 0.3) is 11.0 Å². The Balaban J connectivity index is 0.00000196. The average molecular weight is 468 g/mol. The van der Waals surface area contributed by atoms with Crippen molar-refractivity contribution in [1.29, 1.82) is 0 Å². The molecule has 1 saturated heterocycles. The number of hydrogen-bond donors (Lipinski definition) is 2. The quantitative estimate of drug-likeness (QED) is 0.402. The summed E-state index contributed by atoms with van der Waals surface area (Å²) >= 11 is 0. The number of hydrogen-bond acceptors (Lipinski definition) is 3. The number of likely N-dealkylation sites (tertiary alicyclic amines) is 1. The molecule has 0 atom stereocenters. The maximum atomic E-state index is 5.87. The second-order valence-electron chi connectivity index (χ2n) is 7.19. The molecule has 0 spiro atoms. The summed E-state index contributed by atoms with van der Waals surface area (Å²) in [6, 6.07) is 11.7. The molecule has 26 heavy (non-hydrogen) atoms. The normalized spacial score (nSPS) is 19.3. The van der Waals surface area contributed by atoms with Crippen molar-refractivity contribution in [2.45, 2.75) is 44.2 Å². The third kappa shape index (κ3) is 4.91. The molecule has 1 aliphatic heterocycles. The van der Waals surface area contributed by atoms with Crippen molar-refractivity contribution < 1.29 is 4.42 Å². The van der Waals surface area contributed by atoms with Gasteiger partial charge in [-0.05, 0) is 37.8 Å². The lowest BCUT2D eigenvalue weighted by atomic mass is 10.1. The van der Waals surface area contributed by atoms with E-state index in [9.17, 15) is 0 Å². The first kappa shape index (κ1) is 19.5. The maximum absolute atomic E-state index is 5.87. The monoisotopic (exact) mass is 468 g/mol. The first-order chi connectivity index (χ1) is 12.3. The molecule has 1 aromatic heterocycles. The summed E-state index contributed by atoms with van der Waals surface area (Å²) in [5.41, 5.74) is 0.961. The van der Waals surface area contributed by atoms with E-state index in [-0.39, 0.29) is 24.0 Å². The van der Waals surface area contributed by atoms with E-state index in [1.165, 1.54) is 44.2 Å². The lowest BCUT2D eigenvalue weighted by Gasteiger charge is -2.33. The Morgan fingerprint density at radius 2 is 1.96 bits per heavy atom. The van der Waals surface area contributed by atoms with Gasteiger partial charge in [-0.25, -0.2) is 0 Å². The van der Waals surface area contributed by atoms with E-state index in [1.54, 1.807) is 0 Å². The molecule has 0 amide bonds. The van der Waals surface area contributed by atoms with Gasteiger partial charge in [0, 0.05) is 50.6 Å². The van der Waals surface area contributed by atoms with Gasteiger partial charge in [-0.3, -0.25) is 4.99 Å². The van der Waals surface area contributed by atoms with Gasteiger partial charge in [-0.1, -0.05) is 18.2 Å². The Morgan fingerprint density at radius 3 is 2.65 bits per heavy atom. The van der Waals surface area contributed by atoms with Crippen molar-refractivity contribution in [2.75, 3.05) is 26.7 Å². The van der Waals surface area contributed by atoms with Crippen molar-refractivity contribution >= 4 is 40.9 Å². The molecule has 142 valence electrons. The van der Waals surface area contributed by atoms with Gasteiger partial charge >= 0.3 is 0 Å². The minimum absolute atomic E-state index is 0. The molecule has 2 fully saturated rings. The number of fused-ring (bicyclic) bond motifs is 1. The number of nitrogens with zero attached hydrogens (tertiary/aromatic N) is 2. The first-order valence-corrected chi connectivity index (χ1v) is 9.50. The van der Waals surface area contributed by atoms with Crippen LogP contribution >= 0.6 is 24.0 Å². The van der Waals surface area contributed by atoms with Crippen LogP contribution in [0.1, 0.15) is 31.4 Å². The summed E-state index contributed by atoms with van der Waals surface area (Å²) in [7, 11) is 1.84. The van der Waals surface area contributed by atoms with Crippen LogP contribution in [-0.4, -0.2) is 49.6 Å². The van der Waals surface area contributed by atoms with E-state index in [1.807, 2.05) is 25.2 Å². The van der Waals surface area contributed by atoms with Crippen LogP contribution < -0.4 is 10.6 Å². The lowest BCUT2D eigenvalue weighted by molar-refractivity contribution is 0.197. The Labute approximate surface area is 172 Å². The molecule has 1 saturated carbocycles.